The van der Waals surface area contributed by atoms with Crippen LogP contribution >= 0.6 is 0 Å². The van der Waals surface area contributed by atoms with E-state index in [4.69, 9.17) is 9.47 Å². The first-order chi connectivity index (χ1) is 15.6. The minimum atomic E-state index is -4.50. The minimum absolute atomic E-state index is 0.00905. The van der Waals surface area contributed by atoms with Crippen molar-refractivity contribution in [1.29, 1.82) is 0 Å². The van der Waals surface area contributed by atoms with Crippen LogP contribution < -0.4 is 4.74 Å². The Morgan fingerprint density at radius 3 is 2.12 bits per heavy atom. The second kappa shape index (κ2) is 9.15. The largest absolute Gasteiger partial charge is 0.461 e. The molecule has 0 amide bonds. The highest BCUT2D eigenvalue weighted by Crippen LogP contribution is 2.34. The number of hydrogen-bond acceptors (Lipinski definition) is 5. The lowest BCUT2D eigenvalue weighted by Crippen LogP contribution is -2.58. The highest BCUT2D eigenvalue weighted by atomic mass is 19.4. The van der Waals surface area contributed by atoms with Crippen molar-refractivity contribution in [2.24, 2.45) is 0 Å². The Balaban J connectivity index is 1.73. The number of aliphatic hydroxyl groups excluding tert-OH is 3. The molecule has 0 aliphatic carbocycles. The van der Waals surface area contributed by atoms with E-state index in [1.54, 1.807) is 12.1 Å². The van der Waals surface area contributed by atoms with Gasteiger partial charge < -0.3 is 24.8 Å². The van der Waals surface area contributed by atoms with Gasteiger partial charge in [0.15, 0.2) is 0 Å². The molecule has 0 unspecified atom stereocenters. The van der Waals surface area contributed by atoms with Crippen LogP contribution in [0.1, 0.15) is 23.6 Å². The molecule has 0 saturated carbocycles. The number of alkyl halides is 3. The van der Waals surface area contributed by atoms with Crippen LogP contribution in [0.3, 0.4) is 0 Å². The smallest absolute Gasteiger partial charge is 0.416 e. The minimum Gasteiger partial charge on any atom is -0.461 e. The van der Waals surface area contributed by atoms with E-state index in [1.165, 1.54) is 37.3 Å². The number of benzene rings is 3. The number of halogens is 3. The second-order valence-electron chi connectivity index (χ2n) is 7.95. The van der Waals surface area contributed by atoms with E-state index in [2.05, 4.69) is 0 Å². The molecule has 0 spiro atoms. The molecule has 3 N–H and O–H groups in total. The molecule has 1 heterocycles. The summed E-state index contributed by atoms with van der Waals surface area (Å²) in [6.45, 7) is 1.53. The molecular weight excluding hydrogens is 437 g/mol. The third-order valence-corrected chi connectivity index (χ3v) is 5.64. The maximum Gasteiger partial charge on any atom is 0.416 e. The molecule has 174 valence electrons. The predicted octanol–water partition coefficient (Wildman–Crippen LogP) is 4.24. The Morgan fingerprint density at radius 2 is 1.42 bits per heavy atom. The number of fused-ring (bicyclic) bond motifs is 1. The van der Waals surface area contributed by atoms with Gasteiger partial charge in [0, 0.05) is 5.56 Å². The van der Waals surface area contributed by atoms with Gasteiger partial charge in [0.05, 0.1) is 11.7 Å². The zero-order valence-electron chi connectivity index (χ0n) is 17.6. The van der Waals surface area contributed by atoms with Crippen molar-refractivity contribution >= 4 is 22.9 Å². The van der Waals surface area contributed by atoms with Gasteiger partial charge in [-0.2, -0.15) is 13.2 Å². The molecule has 1 fully saturated rings. The Morgan fingerprint density at radius 1 is 0.818 bits per heavy atom. The fourth-order valence-electron chi connectivity index (χ4n) is 3.79. The molecule has 0 radical (unpaired) electrons. The third-order valence-electron chi connectivity index (χ3n) is 5.64. The Hall–Kier alpha value is -2.91. The van der Waals surface area contributed by atoms with Crippen LogP contribution in [-0.2, 0) is 10.9 Å². The summed E-state index contributed by atoms with van der Waals surface area (Å²) in [5.74, 6) is 0.245. The van der Waals surface area contributed by atoms with Gasteiger partial charge >= 0.3 is 6.18 Å². The number of ether oxygens (including phenoxy) is 2. The van der Waals surface area contributed by atoms with Gasteiger partial charge in [-0.1, -0.05) is 54.6 Å². The summed E-state index contributed by atoms with van der Waals surface area (Å²) >= 11 is 0. The normalized spacial score (nSPS) is 26.1. The number of rotatable bonds is 4. The van der Waals surface area contributed by atoms with Crippen LogP contribution in [0, 0.1) is 0 Å². The van der Waals surface area contributed by atoms with Gasteiger partial charge in [-0.05, 0) is 41.5 Å². The number of hydrogen-bond donors (Lipinski definition) is 3. The van der Waals surface area contributed by atoms with Crippen molar-refractivity contribution in [3.63, 3.8) is 0 Å². The SMILES string of the molecule is C[C@H]1O[C@@H](Oc2cc3ccccc3cc2/C=C/c2ccccc2C(F)(F)F)[C@H](O)[C@@H](O)[C@@H]1O. The first-order valence-electron chi connectivity index (χ1n) is 10.4. The van der Waals surface area contributed by atoms with Gasteiger partial charge in [0.25, 0.3) is 0 Å². The summed E-state index contributed by atoms with van der Waals surface area (Å²) in [7, 11) is 0. The summed E-state index contributed by atoms with van der Waals surface area (Å²) < 4.78 is 51.5. The fourth-order valence-corrected chi connectivity index (χ4v) is 3.79. The highest BCUT2D eigenvalue weighted by Gasteiger charge is 2.43. The van der Waals surface area contributed by atoms with Gasteiger partial charge in [-0.25, -0.2) is 0 Å². The average Bonchev–Trinajstić information content (AvgIpc) is 2.79. The van der Waals surface area contributed by atoms with E-state index in [1.807, 2.05) is 24.3 Å². The van der Waals surface area contributed by atoms with Crippen molar-refractivity contribution in [3.8, 4) is 5.75 Å². The molecule has 3 aromatic carbocycles. The van der Waals surface area contributed by atoms with Crippen molar-refractivity contribution in [3.05, 3.63) is 77.4 Å². The fraction of sp³-hybridized carbons (Fsp3) is 0.280. The van der Waals surface area contributed by atoms with E-state index in [-0.39, 0.29) is 11.3 Å². The quantitative estimate of drug-likeness (QED) is 0.508. The third kappa shape index (κ3) is 4.89. The van der Waals surface area contributed by atoms with Gasteiger partial charge in [-0.3, -0.25) is 0 Å². The summed E-state index contributed by atoms with van der Waals surface area (Å²) in [5, 5.41) is 32.0. The van der Waals surface area contributed by atoms with E-state index in [0.717, 1.165) is 16.8 Å². The van der Waals surface area contributed by atoms with Crippen LogP contribution in [0.5, 0.6) is 5.75 Å². The van der Waals surface area contributed by atoms with Crippen molar-refractivity contribution in [2.45, 2.75) is 43.8 Å². The molecular formula is C25H23F3O5. The molecule has 1 aliphatic rings. The Bertz CT molecular complexity index is 1160. The molecule has 4 rings (SSSR count). The number of aliphatic hydroxyl groups is 3. The lowest BCUT2D eigenvalue weighted by Gasteiger charge is -2.39. The van der Waals surface area contributed by atoms with E-state index >= 15 is 0 Å². The molecule has 33 heavy (non-hydrogen) atoms. The van der Waals surface area contributed by atoms with E-state index < -0.39 is 42.4 Å². The van der Waals surface area contributed by atoms with Crippen LogP contribution in [0.2, 0.25) is 0 Å². The second-order valence-corrected chi connectivity index (χ2v) is 7.95. The molecule has 1 saturated heterocycles. The van der Waals surface area contributed by atoms with Crippen LogP contribution in [-0.4, -0.2) is 46.0 Å². The summed E-state index contributed by atoms with van der Waals surface area (Å²) in [6, 6.07) is 16.0. The van der Waals surface area contributed by atoms with Crippen LogP contribution in [0.4, 0.5) is 13.2 Å². The lowest BCUT2D eigenvalue weighted by atomic mass is 10.00. The molecule has 5 nitrogen and oxygen atoms in total. The van der Waals surface area contributed by atoms with Crippen molar-refractivity contribution < 1.29 is 38.0 Å². The monoisotopic (exact) mass is 460 g/mol. The summed E-state index contributed by atoms with van der Waals surface area (Å²) in [6.07, 6.45) is -8.02. The Kier molecular flexibility index (Phi) is 6.45. The van der Waals surface area contributed by atoms with E-state index in [0.29, 0.717) is 5.56 Å². The molecule has 8 heteroatoms. The molecule has 5 atom stereocenters. The topological polar surface area (TPSA) is 79.2 Å². The molecule has 1 aliphatic heterocycles. The van der Waals surface area contributed by atoms with Gasteiger partial charge in [0.2, 0.25) is 6.29 Å². The maximum absolute atomic E-state index is 13.4. The zero-order chi connectivity index (χ0) is 23.8. The first kappa shape index (κ1) is 23.3. The van der Waals surface area contributed by atoms with Crippen molar-refractivity contribution in [1.82, 2.24) is 0 Å². The standard InChI is InChI=1S/C25H23F3O5/c1-14-21(29)22(30)23(31)24(32-14)33-20-13-17-8-3-2-7-16(17)12-18(20)11-10-15-6-4-5-9-19(15)25(26,27)28/h2-14,21-24,29-31H,1H3/b11-10+/t14-,21-,22+,23-,24+/m1/s1. The first-order valence-corrected chi connectivity index (χ1v) is 10.4. The predicted molar refractivity (Wildman–Crippen MR) is 117 cm³/mol. The summed E-state index contributed by atoms with van der Waals surface area (Å²) in [5.41, 5.74) is -0.318. The molecule has 3 aromatic rings. The lowest BCUT2D eigenvalue weighted by molar-refractivity contribution is -0.268. The van der Waals surface area contributed by atoms with Gasteiger partial charge in [0.1, 0.15) is 24.1 Å². The van der Waals surface area contributed by atoms with Crippen molar-refractivity contribution in [2.75, 3.05) is 0 Å². The molecule has 0 aromatic heterocycles. The van der Waals surface area contributed by atoms with Gasteiger partial charge in [-0.15, -0.1) is 0 Å². The maximum atomic E-state index is 13.4. The highest BCUT2D eigenvalue weighted by molar-refractivity contribution is 5.88. The summed E-state index contributed by atoms with van der Waals surface area (Å²) in [4.78, 5) is 0. The van der Waals surface area contributed by atoms with Crippen LogP contribution in [0.15, 0.2) is 60.7 Å². The Labute approximate surface area is 188 Å². The van der Waals surface area contributed by atoms with Crippen LogP contribution in [0.25, 0.3) is 22.9 Å². The molecule has 0 bridgehead atoms. The van der Waals surface area contributed by atoms with E-state index in [9.17, 15) is 28.5 Å². The zero-order valence-corrected chi connectivity index (χ0v) is 17.6. The average molecular weight is 460 g/mol.